The zero-order chi connectivity index (χ0) is 18.8. The lowest BCUT2D eigenvalue weighted by Crippen LogP contribution is -2.23. The molecule has 7 nitrogen and oxygen atoms in total. The minimum Gasteiger partial charge on any atom is -0.506 e. The molecule has 8 heteroatoms. The quantitative estimate of drug-likeness (QED) is 0.784. The number of hydrogen-bond acceptors (Lipinski definition) is 5. The average molecular weight is 364 g/mol. The Morgan fingerprint density at radius 1 is 1.16 bits per heavy atom. The highest BCUT2D eigenvalue weighted by Crippen LogP contribution is 2.27. The Balaban J connectivity index is 2.27. The summed E-state index contributed by atoms with van der Waals surface area (Å²) in [4.78, 5) is 23.8. The van der Waals surface area contributed by atoms with Gasteiger partial charge in [0.1, 0.15) is 12.3 Å². The van der Waals surface area contributed by atoms with Crippen molar-refractivity contribution in [1.82, 2.24) is 4.57 Å². The highest BCUT2D eigenvalue weighted by Gasteiger charge is 2.16. The third-order valence-electron chi connectivity index (χ3n) is 3.84. The molecular formula is C17H20N2O5S. The summed E-state index contributed by atoms with van der Waals surface area (Å²) in [5, 5.41) is 12.4. The molecule has 1 amide bonds. The molecule has 0 radical (unpaired) electrons. The van der Waals surface area contributed by atoms with E-state index in [1.165, 1.54) is 37.3 Å². The lowest BCUT2D eigenvalue weighted by molar-refractivity contribution is -0.116. The van der Waals surface area contributed by atoms with Gasteiger partial charge in [0.25, 0.3) is 0 Å². The summed E-state index contributed by atoms with van der Waals surface area (Å²) in [5.74, 6) is -0.756. The monoisotopic (exact) mass is 364 g/mol. The lowest BCUT2D eigenvalue weighted by atomic mass is 10.2. The van der Waals surface area contributed by atoms with Crippen LogP contribution in [0.15, 0.2) is 40.0 Å². The Labute approximate surface area is 145 Å². The highest BCUT2D eigenvalue weighted by molar-refractivity contribution is 7.91. The first-order valence-electron chi connectivity index (χ1n) is 7.67. The number of rotatable bonds is 5. The fourth-order valence-electron chi connectivity index (χ4n) is 2.45. The third-order valence-corrected chi connectivity index (χ3v) is 5.57. The number of carbonyl (C=O) groups excluding carboxylic acids is 1. The van der Waals surface area contributed by atoms with Gasteiger partial charge < -0.3 is 15.0 Å². The van der Waals surface area contributed by atoms with E-state index in [1.54, 1.807) is 18.4 Å². The van der Waals surface area contributed by atoms with E-state index in [9.17, 15) is 23.1 Å². The number of hydrogen-bond donors (Lipinski definition) is 2. The van der Waals surface area contributed by atoms with Gasteiger partial charge in [-0.3, -0.25) is 9.59 Å². The molecule has 0 unspecified atom stereocenters. The number of nitrogens with zero attached hydrogens (tertiary/aromatic N) is 1. The number of aromatic nitrogens is 1. The molecule has 0 aliphatic rings. The van der Waals surface area contributed by atoms with Crippen LogP contribution in [0, 0.1) is 13.8 Å². The van der Waals surface area contributed by atoms with Crippen LogP contribution in [0.2, 0.25) is 0 Å². The minimum absolute atomic E-state index is 0.0240. The number of amides is 1. The fourth-order valence-corrected chi connectivity index (χ4v) is 3.35. The van der Waals surface area contributed by atoms with E-state index in [-0.39, 0.29) is 34.1 Å². The van der Waals surface area contributed by atoms with Crippen LogP contribution in [0.3, 0.4) is 0 Å². The molecule has 2 aromatic rings. The number of aryl methyl sites for hydroxylation is 2. The SMILES string of the molecule is CCS(=O)(=O)c1ccc(O)c(NC(=O)Cn2c(C)cc(=O)cc2C)c1. The predicted molar refractivity (Wildman–Crippen MR) is 94.6 cm³/mol. The van der Waals surface area contributed by atoms with Crippen molar-refractivity contribution in [2.75, 3.05) is 11.1 Å². The van der Waals surface area contributed by atoms with E-state index >= 15 is 0 Å². The van der Waals surface area contributed by atoms with Crippen molar-refractivity contribution in [2.45, 2.75) is 32.2 Å². The molecule has 134 valence electrons. The van der Waals surface area contributed by atoms with Gasteiger partial charge in [0.15, 0.2) is 15.3 Å². The summed E-state index contributed by atoms with van der Waals surface area (Å²) >= 11 is 0. The molecule has 0 aliphatic carbocycles. The van der Waals surface area contributed by atoms with Crippen LogP contribution in [0.4, 0.5) is 5.69 Å². The second kappa shape index (κ2) is 7.10. The Hall–Kier alpha value is -2.61. The summed E-state index contributed by atoms with van der Waals surface area (Å²) in [5.41, 5.74) is 1.15. The summed E-state index contributed by atoms with van der Waals surface area (Å²) in [6, 6.07) is 6.60. The number of phenols is 1. The van der Waals surface area contributed by atoms with E-state index in [2.05, 4.69) is 5.32 Å². The highest BCUT2D eigenvalue weighted by atomic mass is 32.2. The smallest absolute Gasteiger partial charge is 0.244 e. The van der Waals surface area contributed by atoms with Crippen molar-refractivity contribution in [1.29, 1.82) is 0 Å². The van der Waals surface area contributed by atoms with Crippen molar-refractivity contribution < 1.29 is 18.3 Å². The van der Waals surface area contributed by atoms with Gasteiger partial charge >= 0.3 is 0 Å². The molecule has 1 aromatic heterocycles. The molecular weight excluding hydrogens is 344 g/mol. The number of carbonyl (C=O) groups is 1. The first kappa shape index (κ1) is 18.7. The number of pyridine rings is 1. The number of sulfone groups is 1. The van der Waals surface area contributed by atoms with Crippen molar-refractivity contribution in [3.8, 4) is 5.75 Å². The summed E-state index contributed by atoms with van der Waals surface area (Å²) < 4.78 is 25.5. The van der Waals surface area contributed by atoms with E-state index in [0.717, 1.165) is 0 Å². The molecule has 0 aliphatic heterocycles. The lowest BCUT2D eigenvalue weighted by Gasteiger charge is -2.15. The topological polar surface area (TPSA) is 105 Å². The predicted octanol–water partition coefficient (Wildman–Crippen LogP) is 1.60. The molecule has 0 fully saturated rings. The standard InChI is InChI=1S/C17H20N2O5S/c1-4-25(23,24)14-5-6-16(21)15(9-14)18-17(22)10-19-11(2)7-13(20)8-12(19)3/h5-9,21H,4,10H2,1-3H3,(H,18,22). The van der Waals surface area contributed by atoms with Crippen LogP contribution in [0.1, 0.15) is 18.3 Å². The summed E-state index contributed by atoms with van der Waals surface area (Å²) in [6.07, 6.45) is 0. The molecule has 2 rings (SSSR count). The van der Waals surface area contributed by atoms with Gasteiger partial charge in [0, 0.05) is 23.5 Å². The van der Waals surface area contributed by atoms with Crippen molar-refractivity contribution in [3.63, 3.8) is 0 Å². The van der Waals surface area contributed by atoms with Crippen LogP contribution >= 0.6 is 0 Å². The number of nitrogens with one attached hydrogen (secondary N) is 1. The van der Waals surface area contributed by atoms with E-state index in [1.807, 2.05) is 0 Å². The van der Waals surface area contributed by atoms with Gasteiger partial charge in [-0.2, -0.15) is 0 Å². The molecule has 25 heavy (non-hydrogen) atoms. The van der Waals surface area contributed by atoms with Crippen molar-refractivity contribution >= 4 is 21.4 Å². The van der Waals surface area contributed by atoms with Gasteiger partial charge in [-0.05, 0) is 32.0 Å². The minimum atomic E-state index is -3.45. The van der Waals surface area contributed by atoms with E-state index in [4.69, 9.17) is 0 Å². The van der Waals surface area contributed by atoms with Crippen molar-refractivity contribution in [2.24, 2.45) is 0 Å². The van der Waals surface area contributed by atoms with E-state index < -0.39 is 15.7 Å². The third kappa shape index (κ3) is 4.27. The Morgan fingerprint density at radius 3 is 2.32 bits per heavy atom. The van der Waals surface area contributed by atoms with Crippen LogP contribution in [0.5, 0.6) is 5.75 Å². The first-order chi connectivity index (χ1) is 11.6. The number of phenolic OH excluding ortho intramolecular Hbond substituents is 1. The zero-order valence-corrected chi connectivity index (χ0v) is 15.1. The van der Waals surface area contributed by atoms with Gasteiger partial charge in [-0.25, -0.2) is 8.42 Å². The Bertz CT molecular complexity index is 951. The molecule has 1 heterocycles. The number of anilines is 1. The first-order valence-corrected chi connectivity index (χ1v) is 9.33. The molecule has 1 aromatic carbocycles. The second-order valence-corrected chi connectivity index (χ2v) is 7.97. The number of aromatic hydroxyl groups is 1. The van der Waals surface area contributed by atoms with Crippen LogP contribution in [-0.4, -0.2) is 29.8 Å². The van der Waals surface area contributed by atoms with Gasteiger partial charge in [0.05, 0.1) is 16.3 Å². The number of benzene rings is 1. The van der Waals surface area contributed by atoms with Gasteiger partial charge in [-0.1, -0.05) is 6.92 Å². The largest absolute Gasteiger partial charge is 0.506 e. The van der Waals surface area contributed by atoms with Gasteiger partial charge in [0.2, 0.25) is 5.91 Å². The fraction of sp³-hybridized carbons (Fsp3) is 0.294. The molecule has 0 saturated heterocycles. The molecule has 0 spiro atoms. The maximum atomic E-state index is 12.3. The maximum absolute atomic E-state index is 12.3. The molecule has 2 N–H and O–H groups in total. The average Bonchev–Trinajstić information content (AvgIpc) is 2.52. The maximum Gasteiger partial charge on any atom is 0.244 e. The van der Waals surface area contributed by atoms with E-state index in [0.29, 0.717) is 11.4 Å². The molecule has 0 bridgehead atoms. The van der Waals surface area contributed by atoms with Crippen LogP contribution in [-0.2, 0) is 21.2 Å². The second-order valence-electron chi connectivity index (χ2n) is 5.69. The normalized spacial score (nSPS) is 11.3. The van der Waals surface area contributed by atoms with Crippen LogP contribution < -0.4 is 10.7 Å². The molecule has 0 atom stereocenters. The summed E-state index contributed by atoms with van der Waals surface area (Å²) in [7, 11) is -3.45. The Morgan fingerprint density at radius 2 is 1.76 bits per heavy atom. The van der Waals surface area contributed by atoms with Gasteiger partial charge in [-0.15, -0.1) is 0 Å². The van der Waals surface area contributed by atoms with Crippen molar-refractivity contribution in [3.05, 3.63) is 51.9 Å². The zero-order valence-electron chi connectivity index (χ0n) is 14.2. The molecule has 0 saturated carbocycles. The Kier molecular flexibility index (Phi) is 5.32. The summed E-state index contributed by atoms with van der Waals surface area (Å²) in [6.45, 7) is 4.88. The van der Waals surface area contributed by atoms with Crippen LogP contribution in [0.25, 0.3) is 0 Å².